The molecule has 0 saturated heterocycles. The molecule has 1 aliphatic rings. The summed E-state index contributed by atoms with van der Waals surface area (Å²) in [6.45, 7) is 5.97. The normalized spacial score (nSPS) is 28.0. The van der Waals surface area contributed by atoms with Gasteiger partial charge in [0.05, 0.1) is 0 Å². The second-order valence-corrected chi connectivity index (χ2v) is 3.97. The van der Waals surface area contributed by atoms with Crippen LogP contribution in [0, 0.1) is 5.41 Å². The first-order valence-electron chi connectivity index (χ1n) is 3.97. The van der Waals surface area contributed by atoms with E-state index >= 15 is 0 Å². The van der Waals surface area contributed by atoms with E-state index in [1.807, 2.05) is 6.08 Å². The molecule has 64 valence electrons. The molecule has 1 unspecified atom stereocenters. The van der Waals surface area contributed by atoms with Gasteiger partial charge in [-0.3, -0.25) is 0 Å². The van der Waals surface area contributed by atoms with Crippen LogP contribution in [0.25, 0.3) is 0 Å². The van der Waals surface area contributed by atoms with Gasteiger partial charge in [-0.1, -0.05) is 72.5 Å². The minimum atomic E-state index is 0.210. The molecule has 0 saturated carbocycles. The average molecular weight is 272 g/mol. The summed E-state index contributed by atoms with van der Waals surface area (Å²) in [5, 5.41) is 0. The zero-order valence-corrected chi connectivity index (χ0v) is 9.41. The van der Waals surface area contributed by atoms with Crippen molar-refractivity contribution in [1.82, 2.24) is 0 Å². The van der Waals surface area contributed by atoms with Gasteiger partial charge in [0.25, 0.3) is 0 Å². The smallest absolute Gasteiger partial charge is 0.0129 e. The lowest BCUT2D eigenvalue weighted by molar-refractivity contribution is 0.652. The molecular formula is C11H13I. The Labute approximate surface area is 87.9 Å². The molecule has 1 heteroatoms. The first-order chi connectivity index (χ1) is 5.70. The molecule has 0 bridgehead atoms. The molecule has 0 radical (unpaired) electrons. The van der Waals surface area contributed by atoms with Crippen molar-refractivity contribution >= 4 is 22.6 Å². The SMILES string of the molecule is C=CC1=CC=CC(C)(CI)C=C1. The van der Waals surface area contributed by atoms with Crippen molar-refractivity contribution in [2.45, 2.75) is 6.92 Å². The summed E-state index contributed by atoms with van der Waals surface area (Å²) >= 11 is 2.41. The quantitative estimate of drug-likeness (QED) is 0.531. The molecule has 0 aliphatic heterocycles. The van der Waals surface area contributed by atoms with Gasteiger partial charge in [-0.2, -0.15) is 0 Å². The summed E-state index contributed by atoms with van der Waals surface area (Å²) in [6.07, 6.45) is 12.7. The fraction of sp³-hybridized carbons (Fsp3) is 0.273. The van der Waals surface area contributed by atoms with Crippen LogP contribution >= 0.6 is 22.6 Å². The lowest BCUT2D eigenvalue weighted by atomic mass is 9.93. The number of hydrogen-bond acceptors (Lipinski definition) is 0. The van der Waals surface area contributed by atoms with E-state index in [4.69, 9.17) is 0 Å². The van der Waals surface area contributed by atoms with Gasteiger partial charge in [-0.15, -0.1) is 0 Å². The highest BCUT2D eigenvalue weighted by atomic mass is 127. The number of hydrogen-bond donors (Lipinski definition) is 0. The van der Waals surface area contributed by atoms with Crippen molar-refractivity contribution in [3.8, 4) is 0 Å². The zero-order chi connectivity index (χ0) is 9.03. The van der Waals surface area contributed by atoms with Crippen molar-refractivity contribution in [3.63, 3.8) is 0 Å². The molecule has 0 fully saturated rings. The minimum absolute atomic E-state index is 0.210. The van der Waals surface area contributed by atoms with E-state index in [9.17, 15) is 0 Å². The molecule has 0 aromatic rings. The molecule has 0 N–H and O–H groups in total. The molecule has 0 aromatic carbocycles. The van der Waals surface area contributed by atoms with Gasteiger partial charge < -0.3 is 0 Å². The zero-order valence-electron chi connectivity index (χ0n) is 7.26. The lowest BCUT2D eigenvalue weighted by Gasteiger charge is -2.16. The topological polar surface area (TPSA) is 0 Å². The summed E-state index contributed by atoms with van der Waals surface area (Å²) in [4.78, 5) is 0. The first kappa shape index (κ1) is 9.78. The summed E-state index contributed by atoms with van der Waals surface area (Å²) < 4.78 is 1.11. The van der Waals surface area contributed by atoms with Crippen LogP contribution in [0.3, 0.4) is 0 Å². The van der Waals surface area contributed by atoms with Gasteiger partial charge >= 0.3 is 0 Å². The van der Waals surface area contributed by atoms with Crippen LogP contribution in [-0.2, 0) is 0 Å². The van der Waals surface area contributed by atoms with Crippen molar-refractivity contribution in [1.29, 1.82) is 0 Å². The Hall–Kier alpha value is -0.310. The van der Waals surface area contributed by atoms with Crippen molar-refractivity contribution < 1.29 is 0 Å². The summed E-state index contributed by atoms with van der Waals surface area (Å²) in [7, 11) is 0. The third-order valence-corrected chi connectivity index (χ3v) is 3.59. The van der Waals surface area contributed by atoms with Crippen LogP contribution in [0.1, 0.15) is 6.92 Å². The maximum absolute atomic E-state index is 3.74. The fourth-order valence-corrected chi connectivity index (χ4v) is 1.51. The molecule has 0 heterocycles. The lowest BCUT2D eigenvalue weighted by Crippen LogP contribution is -2.09. The van der Waals surface area contributed by atoms with Gasteiger partial charge in [-0.05, 0) is 5.57 Å². The van der Waals surface area contributed by atoms with Crippen LogP contribution in [0.15, 0.2) is 48.6 Å². The van der Waals surface area contributed by atoms with Gasteiger partial charge in [0, 0.05) is 9.84 Å². The summed E-state index contributed by atoms with van der Waals surface area (Å²) in [5.74, 6) is 0. The number of allylic oxidation sites excluding steroid dienone is 7. The third-order valence-electron chi connectivity index (χ3n) is 1.95. The predicted octanol–water partition coefficient (Wildman–Crippen LogP) is 3.67. The Morgan fingerprint density at radius 2 is 2.33 bits per heavy atom. The molecule has 0 aromatic heterocycles. The van der Waals surface area contributed by atoms with E-state index in [0.29, 0.717) is 0 Å². The third kappa shape index (κ3) is 2.34. The molecule has 1 rings (SSSR count). The van der Waals surface area contributed by atoms with E-state index in [2.05, 4.69) is 66.5 Å². The van der Waals surface area contributed by atoms with Crippen molar-refractivity contribution in [3.05, 3.63) is 48.6 Å². The van der Waals surface area contributed by atoms with Crippen molar-refractivity contribution in [2.24, 2.45) is 5.41 Å². The standard InChI is InChI=1S/C11H13I/c1-3-10-5-4-7-11(2,9-12)8-6-10/h3-8H,1,9H2,2H3. The molecule has 0 amide bonds. The van der Waals surface area contributed by atoms with Gasteiger partial charge in [0.15, 0.2) is 0 Å². The Kier molecular flexibility index (Phi) is 3.32. The monoisotopic (exact) mass is 272 g/mol. The Morgan fingerprint density at radius 3 is 2.92 bits per heavy atom. The number of alkyl halides is 1. The summed E-state index contributed by atoms with van der Waals surface area (Å²) in [5.41, 5.74) is 1.39. The second kappa shape index (κ2) is 4.08. The number of rotatable bonds is 2. The predicted molar refractivity (Wildman–Crippen MR) is 63.6 cm³/mol. The Morgan fingerprint density at radius 1 is 1.58 bits per heavy atom. The maximum atomic E-state index is 3.74. The highest BCUT2D eigenvalue weighted by Crippen LogP contribution is 2.26. The maximum Gasteiger partial charge on any atom is 0.0129 e. The van der Waals surface area contributed by atoms with Crippen LogP contribution in [0.2, 0.25) is 0 Å². The minimum Gasteiger partial charge on any atom is -0.0985 e. The van der Waals surface area contributed by atoms with Crippen LogP contribution in [0.4, 0.5) is 0 Å². The van der Waals surface area contributed by atoms with Crippen molar-refractivity contribution in [2.75, 3.05) is 4.43 Å². The highest BCUT2D eigenvalue weighted by molar-refractivity contribution is 14.1. The van der Waals surface area contributed by atoms with Crippen LogP contribution in [0.5, 0.6) is 0 Å². The molecule has 12 heavy (non-hydrogen) atoms. The average Bonchev–Trinajstić information content (AvgIpc) is 2.28. The van der Waals surface area contributed by atoms with Gasteiger partial charge in [0.2, 0.25) is 0 Å². The van der Waals surface area contributed by atoms with Gasteiger partial charge in [0.1, 0.15) is 0 Å². The van der Waals surface area contributed by atoms with E-state index in [-0.39, 0.29) is 5.41 Å². The molecule has 1 atom stereocenters. The van der Waals surface area contributed by atoms with E-state index < -0.39 is 0 Å². The van der Waals surface area contributed by atoms with Gasteiger partial charge in [-0.25, -0.2) is 0 Å². The molecular weight excluding hydrogens is 259 g/mol. The Balaban J connectivity index is 2.89. The summed E-state index contributed by atoms with van der Waals surface area (Å²) in [6, 6.07) is 0. The van der Waals surface area contributed by atoms with E-state index in [1.54, 1.807) is 0 Å². The van der Waals surface area contributed by atoms with E-state index in [1.165, 1.54) is 5.57 Å². The Bertz CT molecular complexity index is 258. The van der Waals surface area contributed by atoms with E-state index in [0.717, 1.165) is 4.43 Å². The van der Waals surface area contributed by atoms with Crippen LogP contribution < -0.4 is 0 Å². The molecule has 0 spiro atoms. The molecule has 0 nitrogen and oxygen atoms in total. The highest BCUT2D eigenvalue weighted by Gasteiger charge is 2.15. The molecule has 1 aliphatic carbocycles. The second-order valence-electron chi connectivity index (χ2n) is 3.20. The van der Waals surface area contributed by atoms with Crippen LogP contribution in [-0.4, -0.2) is 4.43 Å². The largest absolute Gasteiger partial charge is 0.0985 e. The number of halogens is 1. The fourth-order valence-electron chi connectivity index (χ4n) is 1.00. The first-order valence-corrected chi connectivity index (χ1v) is 5.50.